The number of carbonyl (C=O) groups is 1. The highest BCUT2D eigenvalue weighted by atomic mass is 32.2. The lowest BCUT2D eigenvalue weighted by Gasteiger charge is -2.35. The fraction of sp³-hybridized carbons (Fsp3) is 0.440. The highest BCUT2D eigenvalue weighted by Gasteiger charge is 2.43. The molecule has 2 aromatic rings. The van der Waals surface area contributed by atoms with E-state index in [-0.39, 0.29) is 11.0 Å². The Morgan fingerprint density at radius 3 is 2.47 bits per heavy atom. The van der Waals surface area contributed by atoms with Crippen molar-refractivity contribution in [2.45, 2.75) is 55.9 Å². The number of rotatable bonds is 4. The summed E-state index contributed by atoms with van der Waals surface area (Å²) < 4.78 is 0. The zero-order valence-electron chi connectivity index (χ0n) is 19.2. The van der Waals surface area contributed by atoms with Crippen molar-refractivity contribution in [3.05, 3.63) is 59.7 Å². The van der Waals surface area contributed by atoms with E-state index in [0.717, 1.165) is 41.1 Å². The summed E-state index contributed by atoms with van der Waals surface area (Å²) in [5.74, 6) is 0. The van der Waals surface area contributed by atoms with Crippen molar-refractivity contribution in [1.29, 1.82) is 0 Å². The quantitative estimate of drug-likeness (QED) is 0.590. The number of para-hydroxylation sites is 1. The van der Waals surface area contributed by atoms with Crippen LogP contribution in [0.15, 0.2) is 58.6 Å². The molecule has 4 rings (SSSR count). The summed E-state index contributed by atoms with van der Waals surface area (Å²) >= 11 is 1.58. The number of oxime groups is 1. The molecule has 2 aliphatic heterocycles. The van der Waals surface area contributed by atoms with Crippen LogP contribution in [0.4, 0.5) is 10.5 Å². The fourth-order valence-corrected chi connectivity index (χ4v) is 4.64. The van der Waals surface area contributed by atoms with E-state index in [4.69, 9.17) is 9.68 Å². The predicted molar refractivity (Wildman–Crippen MR) is 129 cm³/mol. The Labute approximate surface area is 194 Å². The summed E-state index contributed by atoms with van der Waals surface area (Å²) in [5, 5.41) is 8.96. The first-order chi connectivity index (χ1) is 15.3. The van der Waals surface area contributed by atoms with Crippen LogP contribution >= 0.6 is 11.8 Å². The number of anilines is 1. The van der Waals surface area contributed by atoms with E-state index in [1.807, 2.05) is 30.5 Å². The maximum absolute atomic E-state index is 12.4. The molecule has 6 nitrogen and oxygen atoms in total. The molecule has 0 aliphatic carbocycles. The number of thioether (sulfide) groups is 1. The highest BCUT2D eigenvalue weighted by Crippen LogP contribution is 2.36. The van der Waals surface area contributed by atoms with E-state index in [2.05, 4.69) is 55.5 Å². The molecule has 2 aromatic carbocycles. The summed E-state index contributed by atoms with van der Waals surface area (Å²) in [6.07, 6.45) is 3.81. The Hall–Kier alpha value is -2.51. The van der Waals surface area contributed by atoms with Gasteiger partial charge in [-0.05, 0) is 34.9 Å². The summed E-state index contributed by atoms with van der Waals surface area (Å²) in [6, 6.07) is 16.3. The normalized spacial score (nSPS) is 18.2. The van der Waals surface area contributed by atoms with E-state index >= 15 is 0 Å². The molecule has 1 spiro atoms. The molecule has 0 radical (unpaired) electrons. The molecule has 0 atom stereocenters. The van der Waals surface area contributed by atoms with Gasteiger partial charge in [-0.25, -0.2) is 4.79 Å². The summed E-state index contributed by atoms with van der Waals surface area (Å²) in [6.45, 7) is 7.87. The zero-order chi connectivity index (χ0) is 22.8. The van der Waals surface area contributed by atoms with Crippen molar-refractivity contribution in [3.8, 4) is 0 Å². The Balaban J connectivity index is 1.29. The maximum Gasteiger partial charge on any atom is 0.430 e. The SMILES string of the molecule is CSc1ccccc1NC(=O)ON1CCC2(CC1)CC(c1ccc(C(C)(C)C)cc1)=NO2. The molecule has 1 saturated heterocycles. The number of benzene rings is 2. The Kier molecular flexibility index (Phi) is 6.49. The van der Waals surface area contributed by atoms with Gasteiger partial charge in [-0.3, -0.25) is 5.32 Å². The second kappa shape index (κ2) is 9.16. The fourth-order valence-electron chi connectivity index (χ4n) is 4.09. The molecule has 1 amide bonds. The van der Waals surface area contributed by atoms with Gasteiger partial charge >= 0.3 is 6.09 Å². The van der Waals surface area contributed by atoms with Crippen molar-refractivity contribution >= 4 is 29.3 Å². The molecule has 7 heteroatoms. The van der Waals surface area contributed by atoms with Gasteiger partial charge < -0.3 is 9.68 Å². The number of hydrogen-bond donors (Lipinski definition) is 1. The van der Waals surface area contributed by atoms with Crippen molar-refractivity contribution in [2.75, 3.05) is 24.7 Å². The number of carbonyl (C=O) groups excluding carboxylic acids is 1. The number of piperidine rings is 1. The van der Waals surface area contributed by atoms with Crippen LogP contribution in [-0.4, -0.2) is 41.8 Å². The van der Waals surface area contributed by atoms with Gasteiger partial charge in [0.1, 0.15) is 5.60 Å². The molecule has 170 valence electrons. The largest absolute Gasteiger partial charge is 0.430 e. The number of hydroxylamine groups is 2. The molecule has 0 saturated carbocycles. The van der Waals surface area contributed by atoms with Crippen LogP contribution in [0.3, 0.4) is 0 Å². The van der Waals surface area contributed by atoms with Crippen molar-refractivity contribution < 1.29 is 14.5 Å². The third-order valence-corrected chi connectivity index (χ3v) is 6.91. The van der Waals surface area contributed by atoms with Gasteiger partial charge in [0.05, 0.1) is 11.4 Å². The van der Waals surface area contributed by atoms with Gasteiger partial charge in [0.25, 0.3) is 0 Å². The minimum absolute atomic E-state index is 0.129. The van der Waals surface area contributed by atoms with Crippen molar-refractivity contribution in [1.82, 2.24) is 5.06 Å². The predicted octanol–water partition coefficient (Wildman–Crippen LogP) is 5.83. The van der Waals surface area contributed by atoms with Gasteiger partial charge in [0.2, 0.25) is 0 Å². The third-order valence-electron chi connectivity index (χ3n) is 6.11. The lowest BCUT2D eigenvalue weighted by molar-refractivity contribution is -0.154. The minimum atomic E-state index is -0.467. The summed E-state index contributed by atoms with van der Waals surface area (Å²) in [7, 11) is 0. The molecule has 1 fully saturated rings. The molecule has 1 N–H and O–H groups in total. The number of nitrogens with one attached hydrogen (secondary N) is 1. The van der Waals surface area contributed by atoms with Gasteiger partial charge in [-0.15, -0.1) is 16.8 Å². The molecular formula is C25H31N3O3S. The van der Waals surface area contributed by atoms with E-state index in [1.54, 1.807) is 16.8 Å². The smallest absolute Gasteiger partial charge is 0.388 e. The van der Waals surface area contributed by atoms with Crippen LogP contribution in [-0.2, 0) is 15.1 Å². The molecule has 0 aromatic heterocycles. The van der Waals surface area contributed by atoms with Crippen LogP contribution in [0.1, 0.15) is 51.2 Å². The first kappa shape index (κ1) is 22.7. The van der Waals surface area contributed by atoms with Crippen LogP contribution in [0, 0.1) is 0 Å². The Bertz CT molecular complexity index is 990. The number of hydrogen-bond acceptors (Lipinski definition) is 6. The van der Waals surface area contributed by atoms with Crippen LogP contribution in [0.2, 0.25) is 0 Å². The number of nitrogens with zero attached hydrogens (tertiary/aromatic N) is 2. The third kappa shape index (κ3) is 5.10. The molecule has 0 bridgehead atoms. The molecule has 2 aliphatic rings. The highest BCUT2D eigenvalue weighted by molar-refractivity contribution is 7.98. The average Bonchev–Trinajstić information content (AvgIpc) is 3.19. The standard InChI is InChI=1S/C25H31N3O3S/c1-24(2,3)19-11-9-18(10-12-19)21-17-25(31-27-21)13-15-28(16-14-25)30-23(29)26-20-7-5-6-8-22(20)32-4/h5-12H,13-17H2,1-4H3,(H,26,29). The second-order valence-electron chi connectivity index (χ2n) is 9.45. The van der Waals surface area contributed by atoms with Gasteiger partial charge in [0, 0.05) is 37.2 Å². The lowest BCUT2D eigenvalue weighted by atomic mass is 9.84. The molecule has 32 heavy (non-hydrogen) atoms. The first-order valence-corrected chi connectivity index (χ1v) is 12.2. The van der Waals surface area contributed by atoms with Gasteiger partial charge in [0.15, 0.2) is 0 Å². The lowest BCUT2D eigenvalue weighted by Crippen LogP contribution is -2.45. The summed E-state index contributed by atoms with van der Waals surface area (Å²) in [5.41, 5.74) is 3.99. The van der Waals surface area contributed by atoms with Crippen molar-refractivity contribution in [2.24, 2.45) is 5.16 Å². The zero-order valence-corrected chi connectivity index (χ0v) is 20.0. The molecule has 0 unspecified atom stereocenters. The molecular weight excluding hydrogens is 422 g/mol. The van der Waals surface area contributed by atoms with E-state index in [9.17, 15) is 4.79 Å². The average molecular weight is 454 g/mol. The first-order valence-electron chi connectivity index (χ1n) is 11.0. The monoisotopic (exact) mass is 453 g/mol. The Morgan fingerprint density at radius 1 is 1.12 bits per heavy atom. The topological polar surface area (TPSA) is 63.2 Å². The van der Waals surface area contributed by atoms with E-state index < -0.39 is 6.09 Å². The van der Waals surface area contributed by atoms with E-state index in [1.165, 1.54) is 5.56 Å². The van der Waals surface area contributed by atoms with Gasteiger partial charge in [-0.1, -0.05) is 62.3 Å². The summed E-state index contributed by atoms with van der Waals surface area (Å²) in [4.78, 5) is 24.8. The van der Waals surface area contributed by atoms with E-state index in [0.29, 0.717) is 13.1 Å². The van der Waals surface area contributed by atoms with Crippen LogP contribution < -0.4 is 5.32 Å². The van der Waals surface area contributed by atoms with Gasteiger partial charge in [-0.2, -0.15) is 0 Å². The Morgan fingerprint density at radius 2 is 1.81 bits per heavy atom. The van der Waals surface area contributed by atoms with Crippen molar-refractivity contribution in [3.63, 3.8) is 0 Å². The maximum atomic E-state index is 12.4. The second-order valence-corrected chi connectivity index (χ2v) is 10.3. The van der Waals surface area contributed by atoms with Crippen LogP contribution in [0.5, 0.6) is 0 Å². The number of amides is 1. The van der Waals surface area contributed by atoms with Crippen LogP contribution in [0.25, 0.3) is 0 Å². The molecule has 2 heterocycles. The minimum Gasteiger partial charge on any atom is -0.388 e.